The number of halogens is 6. The van der Waals surface area contributed by atoms with Crippen LogP contribution < -0.4 is 34.7 Å². The third-order valence-electron chi connectivity index (χ3n) is 1.08. The van der Waals surface area contributed by atoms with Crippen molar-refractivity contribution in [3.8, 4) is 0 Å². The van der Waals surface area contributed by atoms with Gasteiger partial charge in [-0.3, -0.25) is 4.99 Å². The van der Waals surface area contributed by atoms with Crippen LogP contribution in [0.25, 0.3) is 0 Å². The molecule has 0 radical (unpaired) electrons. The van der Waals surface area contributed by atoms with Gasteiger partial charge in [0.15, 0.2) is 0 Å². The second kappa shape index (κ2) is 5.76. The van der Waals surface area contributed by atoms with E-state index >= 15 is 0 Å². The molecule has 82 valence electrons. The van der Waals surface area contributed by atoms with Crippen LogP contribution in [-0.4, -0.2) is 25.1 Å². The molecule has 0 aromatic heterocycles. The summed E-state index contributed by atoms with van der Waals surface area (Å²) in [4.78, 5) is 2.53. The predicted octanol–water partition coefficient (Wildman–Crippen LogP) is -1.57. The fraction of sp³-hybridized carbons (Fsp3) is 0.500. The Morgan fingerprint density at radius 3 is 1.67 bits per heavy atom. The maximum atomic E-state index is 11.8. The summed E-state index contributed by atoms with van der Waals surface area (Å²) in [7, 11) is 0.642. The van der Waals surface area contributed by atoms with Gasteiger partial charge in [0.1, 0.15) is 5.71 Å². The van der Waals surface area contributed by atoms with E-state index in [1.165, 1.54) is 0 Å². The van der Waals surface area contributed by atoms with Crippen LogP contribution in [0.5, 0.6) is 0 Å². The summed E-state index contributed by atoms with van der Waals surface area (Å²) in [6.45, 7) is 0. The van der Waals surface area contributed by atoms with E-state index in [1.54, 1.807) is 0 Å². The van der Waals surface area contributed by atoms with Crippen LogP contribution in [0.2, 0.25) is 0 Å². The molecule has 0 aliphatic carbocycles. The van der Waals surface area contributed by atoms with E-state index in [4.69, 9.17) is 0 Å². The van der Waals surface area contributed by atoms with E-state index in [0.717, 1.165) is 0 Å². The van der Waals surface area contributed by atoms with Gasteiger partial charge in [0.2, 0.25) is 0 Å². The van der Waals surface area contributed by atoms with Crippen LogP contribution in [0.1, 0.15) is 0 Å². The topological polar surface area (TPSA) is 35.4 Å². The molecule has 0 aliphatic heterocycles. The first-order valence-corrected chi connectivity index (χ1v) is 3.09. The zero-order valence-electron chi connectivity index (χ0n) is 7.70. The van der Waals surface area contributed by atoms with Crippen molar-refractivity contribution in [2.75, 3.05) is 7.05 Å². The summed E-state index contributed by atoms with van der Waals surface area (Å²) in [5.41, 5.74) is -1.86. The van der Waals surface area contributed by atoms with Crippen molar-refractivity contribution in [3.05, 3.63) is 11.8 Å². The van der Waals surface area contributed by atoms with Crippen molar-refractivity contribution in [1.82, 2.24) is 0 Å². The van der Waals surface area contributed by atoms with Gasteiger partial charge >= 0.3 is 41.9 Å². The molecule has 0 aromatic rings. The number of alkyl halides is 6. The molecule has 0 aliphatic rings. The van der Waals surface area contributed by atoms with E-state index in [-0.39, 0.29) is 29.6 Å². The Balaban J connectivity index is 0. The van der Waals surface area contributed by atoms with Crippen LogP contribution in [-0.2, 0) is 0 Å². The largest absolute Gasteiger partial charge is 1.00 e. The smallest absolute Gasteiger partial charge is 0.869 e. The third kappa shape index (κ3) is 6.06. The van der Waals surface area contributed by atoms with Crippen molar-refractivity contribution in [2.24, 2.45) is 4.99 Å². The molecule has 0 N–H and O–H groups in total. The van der Waals surface area contributed by atoms with Crippen molar-refractivity contribution in [3.63, 3.8) is 0 Å². The Labute approximate surface area is 103 Å². The summed E-state index contributed by atoms with van der Waals surface area (Å²) >= 11 is 0. The van der Waals surface area contributed by atoms with Gasteiger partial charge in [-0.25, -0.2) is 0 Å². The Morgan fingerprint density at radius 2 is 1.47 bits per heavy atom. The summed E-state index contributed by atoms with van der Waals surface area (Å²) in [6, 6.07) is 0. The average Bonchev–Trinajstić information content (AvgIpc) is 1.95. The standard InChI is InChI=1S/C6H5F6NO.Na/c1-13-3(5(7,8)9)2-4(14)6(10,11)12;/h2,14H,1H3;/q;+1/p-1/b4-2-,13-3?;. The molecule has 0 saturated carbocycles. The van der Waals surface area contributed by atoms with E-state index < -0.39 is 29.9 Å². The summed E-state index contributed by atoms with van der Waals surface area (Å²) in [5, 5.41) is 10.1. The van der Waals surface area contributed by atoms with Crippen molar-refractivity contribution >= 4 is 5.71 Å². The fourth-order valence-electron chi connectivity index (χ4n) is 0.479. The minimum Gasteiger partial charge on any atom is -0.869 e. The number of allylic oxidation sites excluding steroid dienone is 2. The molecule has 0 rings (SSSR count). The monoisotopic (exact) mass is 243 g/mol. The molecule has 0 aromatic carbocycles. The maximum absolute atomic E-state index is 11.8. The number of nitrogens with zero attached hydrogens (tertiary/aromatic N) is 1. The third-order valence-corrected chi connectivity index (χ3v) is 1.08. The molecule has 0 spiro atoms. The average molecular weight is 243 g/mol. The van der Waals surface area contributed by atoms with Gasteiger partial charge in [0, 0.05) is 7.05 Å². The molecule has 15 heavy (non-hydrogen) atoms. The van der Waals surface area contributed by atoms with Crippen LogP contribution in [0.4, 0.5) is 26.3 Å². The number of aliphatic imine (C=N–C) groups is 1. The quantitative estimate of drug-likeness (QED) is 0.237. The van der Waals surface area contributed by atoms with Gasteiger partial charge in [0.25, 0.3) is 0 Å². The second-order valence-electron chi connectivity index (χ2n) is 2.11. The molecule has 0 fully saturated rings. The zero-order chi connectivity index (χ0) is 11.6. The van der Waals surface area contributed by atoms with Gasteiger partial charge in [-0.05, 0) is 11.8 Å². The first-order chi connectivity index (χ1) is 6.09. The minimum atomic E-state index is -5.32. The molecule has 0 unspecified atom stereocenters. The molecular weight excluding hydrogens is 239 g/mol. The first-order valence-electron chi connectivity index (χ1n) is 3.09. The molecule has 0 saturated heterocycles. The fourth-order valence-corrected chi connectivity index (χ4v) is 0.479. The molecule has 0 heterocycles. The number of hydrogen-bond donors (Lipinski definition) is 0. The van der Waals surface area contributed by atoms with Gasteiger partial charge in [-0.1, -0.05) is 0 Å². The van der Waals surface area contributed by atoms with Gasteiger partial charge in [-0.15, -0.1) is 0 Å². The SMILES string of the molecule is CN=C(/C=C(\[O-])C(F)(F)F)C(F)(F)F.[Na+]. The Kier molecular flexibility index (Phi) is 6.60. The van der Waals surface area contributed by atoms with E-state index in [1.807, 2.05) is 0 Å². The summed E-state index contributed by atoms with van der Waals surface area (Å²) in [6.07, 6.45) is -11.0. The van der Waals surface area contributed by atoms with Gasteiger partial charge in [0.05, 0.1) is 0 Å². The summed E-state index contributed by atoms with van der Waals surface area (Å²) < 4.78 is 70.0. The van der Waals surface area contributed by atoms with Crippen LogP contribution in [0.15, 0.2) is 16.8 Å². The van der Waals surface area contributed by atoms with Crippen molar-refractivity contribution < 1.29 is 61.0 Å². The Hall–Kier alpha value is -0.210. The predicted molar refractivity (Wildman–Crippen MR) is 33.6 cm³/mol. The number of rotatable bonds is 1. The molecule has 0 atom stereocenters. The normalized spacial score (nSPS) is 14.9. The molecule has 0 amide bonds. The number of hydrogen-bond acceptors (Lipinski definition) is 2. The van der Waals surface area contributed by atoms with Crippen LogP contribution in [0.3, 0.4) is 0 Å². The minimum absolute atomic E-state index is 0. The second-order valence-corrected chi connectivity index (χ2v) is 2.11. The first kappa shape index (κ1) is 17.2. The molecule has 0 bridgehead atoms. The van der Waals surface area contributed by atoms with E-state index in [9.17, 15) is 31.4 Å². The zero-order valence-corrected chi connectivity index (χ0v) is 9.70. The molecular formula is C6H4F6NNaO. The Morgan fingerprint density at radius 1 is 1.07 bits per heavy atom. The van der Waals surface area contributed by atoms with E-state index in [2.05, 4.69) is 4.99 Å². The van der Waals surface area contributed by atoms with E-state index in [0.29, 0.717) is 7.05 Å². The van der Waals surface area contributed by atoms with Gasteiger partial charge in [-0.2, -0.15) is 26.3 Å². The Bertz CT molecular complexity index is 266. The molecule has 2 nitrogen and oxygen atoms in total. The van der Waals surface area contributed by atoms with Crippen LogP contribution >= 0.6 is 0 Å². The van der Waals surface area contributed by atoms with Crippen molar-refractivity contribution in [1.29, 1.82) is 0 Å². The van der Waals surface area contributed by atoms with Gasteiger partial charge < -0.3 is 5.11 Å². The summed E-state index contributed by atoms with van der Waals surface area (Å²) in [5.74, 6) is -2.59. The molecule has 9 heteroatoms. The van der Waals surface area contributed by atoms with Crippen molar-refractivity contribution in [2.45, 2.75) is 12.4 Å². The van der Waals surface area contributed by atoms with Crippen LogP contribution in [0, 0.1) is 0 Å². The maximum Gasteiger partial charge on any atom is 1.00 e.